The minimum atomic E-state index is 0.468. The van der Waals surface area contributed by atoms with Crippen LogP contribution in [0.1, 0.15) is 0 Å². The summed E-state index contributed by atoms with van der Waals surface area (Å²) in [5, 5.41) is 1.91. The highest BCUT2D eigenvalue weighted by Gasteiger charge is 2.08. The minimum Gasteiger partial charge on any atom is -0.455 e. The van der Waals surface area contributed by atoms with Crippen LogP contribution in [0.2, 0.25) is 0 Å². The number of ether oxygens (including phenoxy) is 1. The molecule has 0 fully saturated rings. The number of aliphatic imine (C=N–C) groups is 1. The normalized spacial score (nSPS) is 20.5. The first-order valence-corrected chi connectivity index (χ1v) is 5.99. The summed E-state index contributed by atoms with van der Waals surface area (Å²) < 4.78 is 5.73. The molecule has 1 aromatic rings. The first kappa shape index (κ1) is 11.5. The number of para-hydroxylation sites is 1. The van der Waals surface area contributed by atoms with Crippen LogP contribution >= 0.6 is 0 Å². The quantitative estimate of drug-likeness (QED) is 0.643. The lowest BCUT2D eigenvalue weighted by atomic mass is 10.2. The van der Waals surface area contributed by atoms with Gasteiger partial charge in [-0.05, 0) is 18.2 Å². The highest BCUT2D eigenvalue weighted by molar-refractivity contribution is 5.73. The maximum atomic E-state index is 5.73. The zero-order valence-corrected chi connectivity index (χ0v) is 10.3. The van der Waals surface area contributed by atoms with Gasteiger partial charge in [-0.1, -0.05) is 24.8 Å². The van der Waals surface area contributed by atoms with Crippen molar-refractivity contribution >= 4 is 12.3 Å². The van der Waals surface area contributed by atoms with Crippen LogP contribution in [-0.4, -0.2) is 12.8 Å². The number of nitrogens with zero attached hydrogens (tertiary/aromatic N) is 2. The summed E-state index contributed by atoms with van der Waals surface area (Å²) in [6, 6.07) is 7.89. The van der Waals surface area contributed by atoms with Gasteiger partial charge in [-0.2, -0.15) is 0 Å². The molecule has 0 atom stereocenters. The van der Waals surface area contributed by atoms with Crippen molar-refractivity contribution in [2.45, 2.75) is 0 Å². The zero-order valence-electron chi connectivity index (χ0n) is 10.3. The molecular formula is C16H12N2O. The van der Waals surface area contributed by atoms with Gasteiger partial charge in [-0.3, -0.25) is 9.98 Å². The van der Waals surface area contributed by atoms with Crippen molar-refractivity contribution < 1.29 is 4.74 Å². The van der Waals surface area contributed by atoms with Crippen molar-refractivity contribution in [3.05, 3.63) is 76.5 Å². The van der Waals surface area contributed by atoms with Crippen LogP contribution in [0.25, 0.3) is 6.08 Å². The molecule has 0 saturated carbocycles. The van der Waals surface area contributed by atoms with Crippen LogP contribution in [0.15, 0.2) is 75.9 Å². The van der Waals surface area contributed by atoms with Crippen LogP contribution in [0, 0.1) is 0 Å². The summed E-state index contributed by atoms with van der Waals surface area (Å²) in [5.74, 6) is 1.20. The van der Waals surface area contributed by atoms with E-state index in [1.54, 1.807) is 18.4 Å². The fourth-order valence-electron chi connectivity index (χ4n) is 1.91. The lowest BCUT2D eigenvalue weighted by molar-refractivity contribution is 0.339. The molecule has 0 N–H and O–H groups in total. The predicted molar refractivity (Wildman–Crippen MR) is 75.0 cm³/mol. The van der Waals surface area contributed by atoms with Crippen LogP contribution in [0.5, 0.6) is 0 Å². The maximum absolute atomic E-state index is 5.73. The van der Waals surface area contributed by atoms with Crippen molar-refractivity contribution in [2.24, 2.45) is 9.98 Å². The minimum absolute atomic E-state index is 0.468. The van der Waals surface area contributed by atoms with E-state index >= 15 is 0 Å². The van der Waals surface area contributed by atoms with E-state index in [-0.39, 0.29) is 0 Å². The van der Waals surface area contributed by atoms with Crippen molar-refractivity contribution in [2.75, 3.05) is 6.54 Å². The van der Waals surface area contributed by atoms with E-state index in [0.29, 0.717) is 18.1 Å². The number of fused-ring (bicyclic) bond motifs is 1. The van der Waals surface area contributed by atoms with Crippen LogP contribution in [0.3, 0.4) is 0 Å². The molecule has 2 aliphatic rings. The molecule has 0 aromatic heterocycles. The molecule has 0 amide bonds. The van der Waals surface area contributed by atoms with Gasteiger partial charge in [0.05, 0.1) is 11.9 Å². The SMILES string of the molecule is C=C1/C=c2/cccc/c2=N/CC2=C(C=C=CC=N2)O1. The Morgan fingerprint density at radius 1 is 1.26 bits per heavy atom. The molecule has 92 valence electrons. The second kappa shape index (κ2) is 4.92. The first-order chi connectivity index (χ1) is 9.33. The average molecular weight is 248 g/mol. The monoisotopic (exact) mass is 248 g/mol. The molecular weight excluding hydrogens is 236 g/mol. The van der Waals surface area contributed by atoms with E-state index in [1.807, 2.05) is 30.3 Å². The van der Waals surface area contributed by atoms with E-state index in [1.165, 1.54) is 0 Å². The van der Waals surface area contributed by atoms with E-state index in [9.17, 15) is 0 Å². The van der Waals surface area contributed by atoms with Crippen LogP contribution < -0.4 is 10.6 Å². The molecule has 3 heteroatoms. The summed E-state index contributed by atoms with van der Waals surface area (Å²) in [6.45, 7) is 4.38. The molecule has 0 spiro atoms. The topological polar surface area (TPSA) is 34.0 Å². The summed E-state index contributed by atoms with van der Waals surface area (Å²) >= 11 is 0. The largest absolute Gasteiger partial charge is 0.455 e. The van der Waals surface area contributed by atoms with Gasteiger partial charge in [0.2, 0.25) is 0 Å². The van der Waals surface area contributed by atoms with Crippen molar-refractivity contribution in [1.29, 1.82) is 0 Å². The Bertz CT molecular complexity index is 775. The molecule has 3 rings (SSSR count). The average Bonchev–Trinajstić information content (AvgIpc) is 2.59. The summed E-state index contributed by atoms with van der Waals surface area (Å²) in [7, 11) is 0. The first-order valence-electron chi connectivity index (χ1n) is 5.99. The van der Waals surface area contributed by atoms with E-state index < -0.39 is 0 Å². The van der Waals surface area contributed by atoms with Gasteiger partial charge in [0.15, 0.2) is 5.76 Å². The Morgan fingerprint density at radius 3 is 3.11 bits per heavy atom. The molecule has 1 aromatic carbocycles. The summed E-state index contributed by atoms with van der Waals surface area (Å²) in [6.07, 6.45) is 7.06. The van der Waals surface area contributed by atoms with Crippen LogP contribution in [-0.2, 0) is 4.74 Å². The lowest BCUT2D eigenvalue weighted by Crippen LogP contribution is -2.24. The molecule has 3 nitrogen and oxygen atoms in total. The van der Waals surface area contributed by atoms with Crippen LogP contribution in [0.4, 0.5) is 0 Å². The van der Waals surface area contributed by atoms with Gasteiger partial charge >= 0.3 is 0 Å². The molecule has 2 heterocycles. The molecule has 0 aliphatic carbocycles. The van der Waals surface area contributed by atoms with Crippen molar-refractivity contribution in [3.8, 4) is 0 Å². The van der Waals surface area contributed by atoms with Gasteiger partial charge in [-0.25, -0.2) is 0 Å². The fourth-order valence-corrected chi connectivity index (χ4v) is 1.91. The van der Waals surface area contributed by atoms with Gasteiger partial charge in [0, 0.05) is 17.5 Å². The predicted octanol–water partition coefficient (Wildman–Crippen LogP) is 1.64. The molecule has 0 saturated heterocycles. The Hall–Kier alpha value is -2.64. The Balaban J connectivity index is 2.18. The molecule has 0 unspecified atom stereocenters. The van der Waals surface area contributed by atoms with Gasteiger partial charge in [-0.15, -0.1) is 5.73 Å². The zero-order chi connectivity index (χ0) is 13.1. The third-order valence-electron chi connectivity index (χ3n) is 2.79. The highest BCUT2D eigenvalue weighted by Crippen LogP contribution is 2.16. The molecule has 2 aliphatic heterocycles. The number of rotatable bonds is 0. The van der Waals surface area contributed by atoms with E-state index in [2.05, 4.69) is 22.3 Å². The number of hydrogen-bond donors (Lipinski definition) is 0. The third kappa shape index (κ3) is 2.46. The molecule has 0 radical (unpaired) electrons. The molecule has 19 heavy (non-hydrogen) atoms. The number of allylic oxidation sites excluding steroid dienone is 2. The smallest absolute Gasteiger partial charge is 0.158 e. The second-order valence-corrected chi connectivity index (χ2v) is 4.15. The van der Waals surface area contributed by atoms with Gasteiger partial charge in [0.25, 0.3) is 0 Å². The fraction of sp³-hybridized carbons (Fsp3) is 0.0625. The Kier molecular flexibility index (Phi) is 2.97. The maximum Gasteiger partial charge on any atom is 0.158 e. The standard InChI is InChI=1S/C16H12N2O/c1-12-10-13-6-2-3-7-14(13)18-11-15-16(19-12)8-4-5-9-17-15/h2-3,5-10H,1,11H2/b13-10-,18-14-. The number of hydrogen-bond acceptors (Lipinski definition) is 3. The van der Waals surface area contributed by atoms with E-state index in [4.69, 9.17) is 4.74 Å². The molecule has 0 bridgehead atoms. The van der Waals surface area contributed by atoms with Crippen molar-refractivity contribution in [3.63, 3.8) is 0 Å². The summed E-state index contributed by atoms with van der Waals surface area (Å²) in [4.78, 5) is 8.91. The second-order valence-electron chi connectivity index (χ2n) is 4.15. The van der Waals surface area contributed by atoms with E-state index in [0.717, 1.165) is 16.3 Å². The highest BCUT2D eigenvalue weighted by atomic mass is 16.5. The van der Waals surface area contributed by atoms with Crippen molar-refractivity contribution in [1.82, 2.24) is 0 Å². The van der Waals surface area contributed by atoms with Gasteiger partial charge < -0.3 is 4.74 Å². The Morgan fingerprint density at radius 2 is 2.16 bits per heavy atom. The Labute approximate surface area is 111 Å². The number of benzene rings is 1. The lowest BCUT2D eigenvalue weighted by Gasteiger charge is -2.07. The van der Waals surface area contributed by atoms with Gasteiger partial charge in [0.1, 0.15) is 11.5 Å². The summed E-state index contributed by atoms with van der Waals surface area (Å²) in [5.41, 5.74) is 3.75. The third-order valence-corrected chi connectivity index (χ3v) is 2.79.